The normalized spacial score (nSPS) is 14.9. The number of hydrogen-bond donors (Lipinski definition) is 2. The van der Waals surface area contributed by atoms with Crippen LogP contribution in [0.2, 0.25) is 0 Å². The van der Waals surface area contributed by atoms with Crippen molar-refractivity contribution in [2.75, 3.05) is 58.0 Å². The summed E-state index contributed by atoms with van der Waals surface area (Å²) in [6, 6.07) is 7.48. The molecule has 0 bridgehead atoms. The van der Waals surface area contributed by atoms with Crippen LogP contribution >= 0.6 is 0 Å². The van der Waals surface area contributed by atoms with Gasteiger partial charge in [0.15, 0.2) is 5.65 Å². The first-order valence-corrected chi connectivity index (χ1v) is 12.4. The minimum atomic E-state index is -0.642. The van der Waals surface area contributed by atoms with Crippen LogP contribution < -0.4 is 15.0 Å². The van der Waals surface area contributed by atoms with E-state index in [1.807, 2.05) is 42.8 Å². The molecular formula is C26H35N5O5. The van der Waals surface area contributed by atoms with Crippen LogP contribution in [0.15, 0.2) is 30.5 Å². The number of nitrogens with one attached hydrogen (secondary N) is 1. The zero-order valence-corrected chi connectivity index (χ0v) is 21.4. The number of anilines is 1. The van der Waals surface area contributed by atoms with E-state index in [1.54, 1.807) is 20.2 Å². The summed E-state index contributed by atoms with van der Waals surface area (Å²) >= 11 is 0. The van der Waals surface area contributed by atoms with E-state index < -0.39 is 12.1 Å². The number of aliphatic hydroxyl groups excluding tert-OH is 1. The Morgan fingerprint density at radius 2 is 2.06 bits per heavy atom. The molecule has 2 N–H and O–H groups in total. The van der Waals surface area contributed by atoms with Gasteiger partial charge in [0, 0.05) is 31.2 Å². The summed E-state index contributed by atoms with van der Waals surface area (Å²) in [6.45, 7) is 9.12. The standard InChI is InChI=1S/C26H35N5O5/c1-5-35-26(33)22-23(18-7-6-8-20(13-18)36-16-19(32)14-27-4)29-25-21(15-28-31(25)17(2)3)24(22)30-9-11-34-12-10-30/h6-8,13,15,17,19,27,32H,5,9-12,14,16H2,1-4H3. The molecule has 0 amide bonds. The van der Waals surface area contributed by atoms with Crippen molar-refractivity contribution in [2.24, 2.45) is 0 Å². The monoisotopic (exact) mass is 497 g/mol. The molecule has 1 saturated heterocycles. The van der Waals surface area contributed by atoms with Crippen LogP contribution in [0.5, 0.6) is 5.75 Å². The maximum atomic E-state index is 13.4. The van der Waals surface area contributed by atoms with Gasteiger partial charge in [0.2, 0.25) is 0 Å². The van der Waals surface area contributed by atoms with Crippen LogP contribution in [0.1, 0.15) is 37.2 Å². The first kappa shape index (κ1) is 25.9. The van der Waals surface area contributed by atoms with Crippen molar-refractivity contribution in [3.05, 3.63) is 36.0 Å². The van der Waals surface area contributed by atoms with E-state index in [1.165, 1.54) is 0 Å². The van der Waals surface area contributed by atoms with Crippen LogP contribution in [0.25, 0.3) is 22.3 Å². The molecule has 1 unspecified atom stereocenters. The number of morpholine rings is 1. The molecule has 0 saturated carbocycles. The molecule has 2 aromatic heterocycles. The summed E-state index contributed by atoms with van der Waals surface area (Å²) in [5, 5.41) is 18.4. The molecule has 1 fully saturated rings. The van der Waals surface area contributed by atoms with Crippen LogP contribution in [0, 0.1) is 0 Å². The van der Waals surface area contributed by atoms with E-state index in [9.17, 15) is 9.90 Å². The summed E-state index contributed by atoms with van der Waals surface area (Å²) < 4.78 is 18.8. The Morgan fingerprint density at radius 1 is 1.28 bits per heavy atom. The van der Waals surface area contributed by atoms with Gasteiger partial charge in [-0.2, -0.15) is 5.10 Å². The van der Waals surface area contributed by atoms with E-state index in [-0.39, 0.29) is 19.3 Å². The van der Waals surface area contributed by atoms with E-state index in [4.69, 9.17) is 19.2 Å². The fraction of sp³-hybridized carbons (Fsp3) is 0.500. The number of fused-ring (bicyclic) bond motifs is 1. The molecule has 3 heterocycles. The third kappa shape index (κ3) is 5.45. The quantitative estimate of drug-likeness (QED) is 0.408. The minimum Gasteiger partial charge on any atom is -0.491 e. The summed E-state index contributed by atoms with van der Waals surface area (Å²) in [5.74, 6) is 0.140. The number of aromatic nitrogens is 3. The lowest BCUT2D eigenvalue weighted by molar-refractivity contribution is 0.0527. The third-order valence-corrected chi connectivity index (χ3v) is 6.00. The zero-order chi connectivity index (χ0) is 25.7. The zero-order valence-electron chi connectivity index (χ0n) is 21.4. The highest BCUT2D eigenvalue weighted by atomic mass is 16.5. The molecule has 10 nitrogen and oxygen atoms in total. The minimum absolute atomic E-state index is 0.0807. The number of carbonyl (C=O) groups is 1. The van der Waals surface area contributed by atoms with Gasteiger partial charge in [-0.05, 0) is 40.0 Å². The average molecular weight is 498 g/mol. The first-order valence-electron chi connectivity index (χ1n) is 12.4. The Hall–Kier alpha value is -3.21. The number of nitrogens with zero attached hydrogens (tertiary/aromatic N) is 4. The van der Waals surface area contributed by atoms with Gasteiger partial charge in [0.25, 0.3) is 0 Å². The van der Waals surface area contributed by atoms with Gasteiger partial charge >= 0.3 is 5.97 Å². The Labute approximate surface area is 211 Å². The van der Waals surface area contributed by atoms with Gasteiger partial charge in [-0.25, -0.2) is 14.5 Å². The van der Waals surface area contributed by atoms with E-state index in [2.05, 4.69) is 15.3 Å². The molecule has 1 atom stereocenters. The Bertz CT molecular complexity index is 1190. The molecule has 1 aliphatic heterocycles. The summed E-state index contributed by atoms with van der Waals surface area (Å²) in [4.78, 5) is 20.6. The van der Waals surface area contributed by atoms with E-state index in [0.29, 0.717) is 61.1 Å². The van der Waals surface area contributed by atoms with Gasteiger partial charge in [-0.3, -0.25) is 0 Å². The molecule has 194 valence electrons. The highest BCUT2D eigenvalue weighted by Gasteiger charge is 2.30. The van der Waals surface area contributed by atoms with E-state index in [0.717, 1.165) is 11.1 Å². The highest BCUT2D eigenvalue weighted by Crippen LogP contribution is 2.38. The van der Waals surface area contributed by atoms with Gasteiger partial charge in [0.05, 0.1) is 42.8 Å². The van der Waals surface area contributed by atoms with Gasteiger partial charge < -0.3 is 29.5 Å². The predicted octanol–water partition coefficient (Wildman–Crippen LogP) is 2.65. The summed E-state index contributed by atoms with van der Waals surface area (Å²) in [7, 11) is 1.77. The van der Waals surface area contributed by atoms with Gasteiger partial charge in [-0.1, -0.05) is 12.1 Å². The Kier molecular flexibility index (Phi) is 8.40. The second kappa shape index (κ2) is 11.7. The second-order valence-corrected chi connectivity index (χ2v) is 8.97. The Balaban J connectivity index is 1.90. The number of hydrogen-bond acceptors (Lipinski definition) is 9. The maximum Gasteiger partial charge on any atom is 0.342 e. The number of aliphatic hydroxyl groups is 1. The van der Waals surface area contributed by atoms with Gasteiger partial charge in [-0.15, -0.1) is 0 Å². The molecular weight excluding hydrogens is 462 g/mol. The van der Waals surface area contributed by atoms with Crippen molar-refractivity contribution in [3.63, 3.8) is 0 Å². The molecule has 10 heteroatoms. The third-order valence-electron chi connectivity index (χ3n) is 6.00. The topological polar surface area (TPSA) is 111 Å². The number of pyridine rings is 1. The molecule has 1 aliphatic rings. The predicted molar refractivity (Wildman–Crippen MR) is 138 cm³/mol. The smallest absolute Gasteiger partial charge is 0.342 e. The number of likely N-dealkylation sites (N-methyl/N-ethyl adjacent to an activating group) is 1. The van der Waals surface area contributed by atoms with Crippen molar-refractivity contribution in [3.8, 4) is 17.0 Å². The molecule has 4 rings (SSSR count). The summed E-state index contributed by atoms with van der Waals surface area (Å²) in [6.07, 6.45) is 1.14. The SMILES string of the molecule is CCOC(=O)c1c(-c2cccc(OCC(O)CNC)c2)nc2c(cnn2C(C)C)c1N1CCOCC1. The molecule has 3 aromatic rings. The van der Waals surface area contributed by atoms with Crippen molar-refractivity contribution < 1.29 is 24.1 Å². The number of esters is 1. The largest absolute Gasteiger partial charge is 0.491 e. The molecule has 0 radical (unpaired) electrons. The summed E-state index contributed by atoms with van der Waals surface area (Å²) in [5.41, 5.74) is 3.09. The second-order valence-electron chi connectivity index (χ2n) is 8.97. The lowest BCUT2D eigenvalue weighted by atomic mass is 10.0. The molecule has 0 spiro atoms. The number of benzene rings is 1. The highest BCUT2D eigenvalue weighted by molar-refractivity contribution is 6.09. The first-order chi connectivity index (χ1) is 17.4. The van der Waals surface area contributed by atoms with Crippen molar-refractivity contribution >= 4 is 22.7 Å². The maximum absolute atomic E-state index is 13.4. The van der Waals surface area contributed by atoms with Crippen molar-refractivity contribution in [1.82, 2.24) is 20.1 Å². The fourth-order valence-corrected chi connectivity index (χ4v) is 4.36. The molecule has 36 heavy (non-hydrogen) atoms. The number of carbonyl (C=O) groups excluding carboxylic acids is 1. The van der Waals surface area contributed by atoms with Crippen LogP contribution in [-0.2, 0) is 9.47 Å². The van der Waals surface area contributed by atoms with E-state index >= 15 is 0 Å². The lowest BCUT2D eigenvalue weighted by Crippen LogP contribution is -2.37. The van der Waals surface area contributed by atoms with Gasteiger partial charge in [0.1, 0.15) is 24.0 Å². The van der Waals surface area contributed by atoms with Crippen LogP contribution in [0.4, 0.5) is 5.69 Å². The van der Waals surface area contributed by atoms with Crippen LogP contribution in [0.3, 0.4) is 0 Å². The number of ether oxygens (including phenoxy) is 3. The van der Waals surface area contributed by atoms with Crippen molar-refractivity contribution in [1.29, 1.82) is 0 Å². The lowest BCUT2D eigenvalue weighted by Gasteiger charge is -2.31. The Morgan fingerprint density at radius 3 is 2.75 bits per heavy atom. The molecule has 0 aliphatic carbocycles. The van der Waals surface area contributed by atoms with Crippen molar-refractivity contribution in [2.45, 2.75) is 32.9 Å². The number of rotatable bonds is 10. The fourth-order valence-electron chi connectivity index (χ4n) is 4.36. The van der Waals surface area contributed by atoms with Crippen LogP contribution in [-0.4, -0.2) is 85.1 Å². The average Bonchev–Trinajstić information content (AvgIpc) is 3.31. The molecule has 1 aromatic carbocycles.